The van der Waals surface area contributed by atoms with Crippen LogP contribution in [0.1, 0.15) is 12.1 Å². The zero-order chi connectivity index (χ0) is 8.97. The van der Waals surface area contributed by atoms with Gasteiger partial charge >= 0.3 is 0 Å². The summed E-state index contributed by atoms with van der Waals surface area (Å²) in [7, 11) is 0. The maximum absolute atomic E-state index is 12.0. The fraction of sp³-hybridized carbons (Fsp3) is 0.167. The molecule has 12 heavy (non-hydrogen) atoms. The third kappa shape index (κ3) is 1.94. The van der Waals surface area contributed by atoms with E-state index in [1.807, 2.05) is 0 Å². The van der Waals surface area contributed by atoms with Gasteiger partial charge in [0.1, 0.15) is 5.69 Å². The fourth-order valence-corrected chi connectivity index (χ4v) is 0.637. The van der Waals surface area contributed by atoms with E-state index in [0.717, 1.165) is 6.07 Å². The summed E-state index contributed by atoms with van der Waals surface area (Å²) in [4.78, 5) is 9.91. The summed E-state index contributed by atoms with van der Waals surface area (Å²) < 4.78 is 23.9. The molecule has 0 aliphatic heterocycles. The van der Waals surface area contributed by atoms with Gasteiger partial charge < -0.3 is 5.32 Å². The number of alkyl halides is 2. The molecule has 0 radical (unpaired) electrons. The lowest BCUT2D eigenvalue weighted by molar-refractivity contribution is -0.105. The van der Waals surface area contributed by atoms with E-state index in [0.29, 0.717) is 6.41 Å². The maximum atomic E-state index is 12.0. The van der Waals surface area contributed by atoms with Crippen LogP contribution in [-0.4, -0.2) is 16.6 Å². The van der Waals surface area contributed by atoms with Crippen LogP contribution in [0, 0.1) is 0 Å². The zero-order valence-corrected chi connectivity index (χ0v) is 5.87. The van der Waals surface area contributed by atoms with E-state index < -0.39 is 12.1 Å². The van der Waals surface area contributed by atoms with Gasteiger partial charge in [-0.2, -0.15) is 5.10 Å². The number of carbonyl (C=O) groups is 1. The Labute approximate surface area is 66.6 Å². The van der Waals surface area contributed by atoms with Crippen LogP contribution in [0.5, 0.6) is 0 Å². The largest absolute Gasteiger partial charge is 0.327 e. The van der Waals surface area contributed by atoms with Gasteiger partial charge in [-0.25, -0.2) is 8.78 Å². The number of nitrogens with one attached hydrogen (secondary N) is 1. The maximum Gasteiger partial charge on any atom is 0.282 e. The molecule has 64 valence electrons. The van der Waals surface area contributed by atoms with Crippen LogP contribution in [0.2, 0.25) is 0 Å². The van der Waals surface area contributed by atoms with Crippen molar-refractivity contribution >= 4 is 12.1 Å². The van der Waals surface area contributed by atoms with Crippen molar-refractivity contribution < 1.29 is 13.6 Å². The third-order valence-electron chi connectivity index (χ3n) is 1.12. The first-order valence-corrected chi connectivity index (χ1v) is 3.05. The van der Waals surface area contributed by atoms with Gasteiger partial charge in [-0.15, -0.1) is 5.10 Å². The highest BCUT2D eigenvalue weighted by Gasteiger charge is 2.09. The normalized spacial score (nSPS) is 9.92. The average Bonchev–Trinajstić information content (AvgIpc) is 2.05. The van der Waals surface area contributed by atoms with Crippen LogP contribution in [0.15, 0.2) is 12.3 Å². The molecule has 6 heteroatoms. The SMILES string of the molecule is O=CNc1cnnc(C(F)F)c1. The molecular weight excluding hydrogens is 168 g/mol. The molecule has 1 rings (SSSR count). The van der Waals surface area contributed by atoms with Crippen molar-refractivity contribution in [1.29, 1.82) is 0 Å². The van der Waals surface area contributed by atoms with Crippen LogP contribution in [0.4, 0.5) is 14.5 Å². The Hall–Kier alpha value is -1.59. The monoisotopic (exact) mass is 173 g/mol. The highest BCUT2D eigenvalue weighted by Crippen LogP contribution is 2.17. The summed E-state index contributed by atoms with van der Waals surface area (Å²) in [5.74, 6) is 0. The van der Waals surface area contributed by atoms with E-state index in [2.05, 4.69) is 15.5 Å². The molecule has 0 aliphatic carbocycles. The molecule has 0 aromatic carbocycles. The Kier molecular flexibility index (Phi) is 2.62. The molecule has 0 saturated carbocycles. The molecule has 0 saturated heterocycles. The van der Waals surface area contributed by atoms with Gasteiger partial charge in [-0.3, -0.25) is 4.79 Å². The Balaban J connectivity index is 2.87. The summed E-state index contributed by atoms with van der Waals surface area (Å²) in [6.45, 7) is 0. The minimum Gasteiger partial charge on any atom is -0.327 e. The standard InChI is InChI=1S/C6H5F2N3O/c7-6(8)5-1-4(9-3-12)2-10-11-5/h1-3,6H,(H,9,11,12). The highest BCUT2D eigenvalue weighted by molar-refractivity contribution is 5.70. The number of halogens is 2. The predicted molar refractivity (Wildman–Crippen MR) is 36.7 cm³/mol. The molecule has 0 spiro atoms. The van der Waals surface area contributed by atoms with Crippen molar-refractivity contribution in [3.8, 4) is 0 Å². The number of rotatable bonds is 3. The smallest absolute Gasteiger partial charge is 0.282 e. The zero-order valence-electron chi connectivity index (χ0n) is 5.87. The first-order chi connectivity index (χ1) is 5.74. The number of nitrogens with zero attached hydrogens (tertiary/aromatic N) is 2. The summed E-state index contributed by atoms with van der Waals surface area (Å²) in [6, 6.07) is 1.06. The van der Waals surface area contributed by atoms with Crippen molar-refractivity contribution in [1.82, 2.24) is 10.2 Å². The Bertz CT molecular complexity index is 279. The van der Waals surface area contributed by atoms with Crippen LogP contribution in [0.3, 0.4) is 0 Å². The van der Waals surface area contributed by atoms with Crippen molar-refractivity contribution in [2.75, 3.05) is 5.32 Å². The molecule has 0 fully saturated rings. The average molecular weight is 173 g/mol. The van der Waals surface area contributed by atoms with Gasteiger partial charge in [-0.1, -0.05) is 0 Å². The molecule has 0 bridgehead atoms. The van der Waals surface area contributed by atoms with Crippen LogP contribution >= 0.6 is 0 Å². The van der Waals surface area contributed by atoms with Gasteiger partial charge in [0.2, 0.25) is 6.41 Å². The van der Waals surface area contributed by atoms with Gasteiger partial charge in [0.05, 0.1) is 11.9 Å². The third-order valence-corrected chi connectivity index (χ3v) is 1.12. The lowest BCUT2D eigenvalue weighted by Gasteiger charge is -1.99. The number of hydrogen-bond acceptors (Lipinski definition) is 3. The first-order valence-electron chi connectivity index (χ1n) is 3.05. The fourth-order valence-electron chi connectivity index (χ4n) is 0.637. The van der Waals surface area contributed by atoms with Crippen LogP contribution in [-0.2, 0) is 4.79 Å². The van der Waals surface area contributed by atoms with Crippen LogP contribution in [0.25, 0.3) is 0 Å². The lowest BCUT2D eigenvalue weighted by Crippen LogP contribution is -1.99. The van der Waals surface area contributed by atoms with Gasteiger partial charge in [0.25, 0.3) is 6.43 Å². The molecule has 1 amide bonds. The second-order valence-electron chi connectivity index (χ2n) is 1.93. The van der Waals surface area contributed by atoms with E-state index in [4.69, 9.17) is 0 Å². The number of anilines is 1. The minimum absolute atomic E-state index is 0.204. The molecule has 4 nitrogen and oxygen atoms in total. The number of carbonyl (C=O) groups excluding carboxylic acids is 1. The number of aromatic nitrogens is 2. The van der Waals surface area contributed by atoms with E-state index in [1.54, 1.807) is 0 Å². The number of hydrogen-bond donors (Lipinski definition) is 1. The van der Waals surface area contributed by atoms with Crippen LogP contribution < -0.4 is 5.32 Å². The van der Waals surface area contributed by atoms with Gasteiger partial charge in [0, 0.05) is 0 Å². The summed E-state index contributed by atoms with van der Waals surface area (Å²) in [5.41, 5.74) is -0.253. The van der Waals surface area contributed by atoms with Crippen molar-refractivity contribution in [3.05, 3.63) is 18.0 Å². The molecule has 0 unspecified atom stereocenters. The topological polar surface area (TPSA) is 54.9 Å². The molecule has 1 N–H and O–H groups in total. The van der Waals surface area contributed by atoms with Crippen molar-refractivity contribution in [2.45, 2.75) is 6.43 Å². The second kappa shape index (κ2) is 3.70. The van der Waals surface area contributed by atoms with E-state index in [9.17, 15) is 13.6 Å². The molecular formula is C6H5F2N3O. The Morgan fingerprint density at radius 2 is 2.33 bits per heavy atom. The van der Waals surface area contributed by atoms with E-state index in [-0.39, 0.29) is 5.69 Å². The summed E-state index contributed by atoms with van der Waals surface area (Å²) >= 11 is 0. The van der Waals surface area contributed by atoms with Crippen molar-refractivity contribution in [2.24, 2.45) is 0 Å². The van der Waals surface area contributed by atoms with E-state index >= 15 is 0 Å². The molecule has 0 atom stereocenters. The van der Waals surface area contributed by atoms with Crippen molar-refractivity contribution in [3.63, 3.8) is 0 Å². The second-order valence-corrected chi connectivity index (χ2v) is 1.93. The highest BCUT2D eigenvalue weighted by atomic mass is 19.3. The van der Waals surface area contributed by atoms with Gasteiger partial charge in [0.15, 0.2) is 0 Å². The van der Waals surface area contributed by atoms with Gasteiger partial charge in [-0.05, 0) is 6.07 Å². The Morgan fingerprint density at radius 3 is 2.92 bits per heavy atom. The predicted octanol–water partition coefficient (Wildman–Crippen LogP) is 0.982. The minimum atomic E-state index is -2.68. The number of amides is 1. The Morgan fingerprint density at radius 1 is 1.58 bits per heavy atom. The summed E-state index contributed by atoms with van der Waals surface area (Å²) in [6.07, 6.45) is -1.11. The molecule has 0 aliphatic rings. The molecule has 1 aromatic heterocycles. The first kappa shape index (κ1) is 8.51. The lowest BCUT2D eigenvalue weighted by atomic mass is 10.3. The molecule has 1 aromatic rings. The van der Waals surface area contributed by atoms with E-state index in [1.165, 1.54) is 6.20 Å². The quantitative estimate of drug-likeness (QED) is 0.693. The summed E-state index contributed by atoms with van der Waals surface area (Å²) in [5, 5.41) is 8.62. The molecule has 1 heterocycles.